The molecule has 0 fully saturated rings. The number of aromatic nitrogens is 5. The predicted octanol–water partition coefficient (Wildman–Crippen LogP) is 7.66. The second-order valence-electron chi connectivity index (χ2n) is 17.7. The molecule has 0 saturated heterocycles. The molecule has 0 radical (unpaired) electrons. The molecule has 9 N–H and O–H groups in total. The van der Waals surface area contributed by atoms with E-state index in [0.717, 1.165) is 48.5 Å². The first-order valence-electron chi connectivity index (χ1n) is 25.7. The van der Waals surface area contributed by atoms with E-state index < -0.39 is 176 Å². The molecular weight excluding hydrogens is 1440 g/mol. The van der Waals surface area contributed by atoms with Gasteiger partial charge in [-0.15, -0.1) is 0 Å². The van der Waals surface area contributed by atoms with Gasteiger partial charge in [-0.05, 0) is 68.3 Å². The Hall–Kier alpha value is -10.4. The van der Waals surface area contributed by atoms with E-state index in [0.29, 0.717) is 12.1 Å². The van der Waals surface area contributed by atoms with Crippen molar-refractivity contribution in [3.8, 4) is 29.3 Å². The van der Waals surface area contributed by atoms with Crippen molar-refractivity contribution < 1.29 is 147 Å². The third kappa shape index (κ3) is 29.3. The number of benzene rings is 4. The van der Waals surface area contributed by atoms with Crippen LogP contribution < -0.4 is 44.3 Å². The molecule has 6 aromatic rings. The Morgan fingerprint density at radius 1 is 0.724 bits per heavy atom. The number of hydrogen-bond donors (Lipinski definition) is 9. The number of aromatic carboxylic acids is 1. The monoisotopic (exact) mass is 1490 g/mol. The van der Waals surface area contributed by atoms with E-state index in [1.165, 1.54) is 56.0 Å². The number of halogens is 11. The van der Waals surface area contributed by atoms with Gasteiger partial charge in [-0.25, -0.2) is 50.3 Å². The number of aliphatic carboxylic acids is 1. The predicted molar refractivity (Wildman–Crippen MR) is 308 cm³/mol. The quantitative estimate of drug-likeness (QED) is 0.00872. The third-order valence-corrected chi connectivity index (χ3v) is 14.1. The maximum absolute atomic E-state index is 12.7. The highest BCUT2D eigenvalue weighted by Crippen LogP contribution is 2.38. The average molecular weight is 1490 g/mol. The Morgan fingerprint density at radius 3 is 1.78 bits per heavy atom. The molecule has 0 aliphatic heterocycles. The number of anilines is 2. The fourth-order valence-corrected chi connectivity index (χ4v) is 9.51. The van der Waals surface area contributed by atoms with Gasteiger partial charge in [0.1, 0.15) is 27.8 Å². The molecule has 0 saturated carbocycles. The zero-order chi connectivity index (χ0) is 74.1. The molecule has 98 heavy (non-hydrogen) atoms. The number of hydrogen-bond acceptors (Lipinski definition) is 25. The van der Waals surface area contributed by atoms with Crippen molar-refractivity contribution in [2.24, 2.45) is 0 Å². The Balaban J connectivity index is 0.000000357. The summed E-state index contributed by atoms with van der Waals surface area (Å²) >= 11 is 5.81. The molecular formula is C50H47ClF10N11O23PS2. The molecule has 2 aromatic heterocycles. The maximum Gasteiger partial charge on any atom is 0.416 e. The van der Waals surface area contributed by atoms with Crippen LogP contribution >= 0.6 is 19.2 Å². The summed E-state index contributed by atoms with van der Waals surface area (Å²) in [5.74, 6) is -8.01. The lowest BCUT2D eigenvalue weighted by molar-refractivity contribution is -0.385. The van der Waals surface area contributed by atoms with Gasteiger partial charge in [0.05, 0.1) is 58.6 Å². The lowest BCUT2D eigenvalue weighted by Crippen LogP contribution is -2.35. The Morgan fingerprint density at radius 2 is 1.28 bits per heavy atom. The highest BCUT2D eigenvalue weighted by Gasteiger charge is 2.33. The van der Waals surface area contributed by atoms with Crippen LogP contribution in [0.5, 0.6) is 29.3 Å². The van der Waals surface area contributed by atoms with E-state index in [4.69, 9.17) is 45.8 Å². The van der Waals surface area contributed by atoms with Crippen LogP contribution in [0.2, 0.25) is 5.02 Å². The molecule has 0 spiro atoms. The molecule has 4 aromatic carbocycles. The first-order valence-corrected chi connectivity index (χ1v) is 30.9. The number of alkyl halides is 10. The zero-order valence-corrected chi connectivity index (χ0v) is 52.5. The molecule has 0 aliphatic carbocycles. The van der Waals surface area contributed by atoms with Gasteiger partial charge in [-0.2, -0.15) is 68.8 Å². The van der Waals surface area contributed by atoms with Gasteiger partial charge in [0.2, 0.25) is 23.7 Å². The number of methoxy groups -OCH3 is 1. The molecule has 0 unspecified atom stereocenters. The van der Waals surface area contributed by atoms with Crippen molar-refractivity contribution in [3.63, 3.8) is 0 Å². The van der Waals surface area contributed by atoms with Gasteiger partial charge in [0.15, 0.2) is 6.61 Å². The van der Waals surface area contributed by atoms with Gasteiger partial charge in [-0.3, -0.25) is 35.4 Å². The summed E-state index contributed by atoms with van der Waals surface area (Å²) in [5, 5.41) is 33.7. The van der Waals surface area contributed by atoms with Crippen LogP contribution in [0, 0.1) is 17.0 Å². The smallest absolute Gasteiger partial charge is 0.416 e. The van der Waals surface area contributed by atoms with Crippen LogP contribution in [-0.4, -0.2) is 155 Å². The van der Waals surface area contributed by atoms with Gasteiger partial charge < -0.3 is 48.4 Å². The van der Waals surface area contributed by atoms with Gasteiger partial charge in [0, 0.05) is 18.6 Å². The number of nitrogens with one attached hydrogen (secondary N) is 5. The van der Waals surface area contributed by atoms with E-state index in [9.17, 15) is 104 Å². The van der Waals surface area contributed by atoms with Crippen LogP contribution in [0.1, 0.15) is 51.0 Å². The number of nitrogens with zero attached hydrogens (tertiary/aromatic N) is 6. The molecule has 534 valence electrons. The summed E-state index contributed by atoms with van der Waals surface area (Å²) in [5.41, 5.74) is -2.88. The molecule has 34 nitrogen and oxygen atoms in total. The lowest BCUT2D eigenvalue weighted by Gasteiger charge is -2.13. The van der Waals surface area contributed by atoms with E-state index in [1.807, 2.05) is 0 Å². The molecule has 6 rings (SSSR count). The molecule has 48 heteroatoms. The van der Waals surface area contributed by atoms with E-state index in [1.54, 1.807) is 10.0 Å². The maximum atomic E-state index is 12.7. The normalized spacial score (nSPS) is 11.3. The Kier molecular flexibility index (Phi) is 30.6. The second kappa shape index (κ2) is 36.6. The lowest BCUT2D eigenvalue weighted by atomic mass is 10.1. The summed E-state index contributed by atoms with van der Waals surface area (Å²) in [6, 6.07) is 12.4. The summed E-state index contributed by atoms with van der Waals surface area (Å²) in [4.78, 5) is 112. The first-order chi connectivity index (χ1) is 45.4. The fraction of sp³-hybridized carbons (Fsp3) is 0.260. The van der Waals surface area contributed by atoms with E-state index >= 15 is 0 Å². The third-order valence-electron chi connectivity index (χ3n) is 10.4. The second-order valence-corrected chi connectivity index (χ2v) is 23.0. The van der Waals surface area contributed by atoms with Crippen molar-refractivity contribution >= 4 is 92.8 Å². The van der Waals surface area contributed by atoms with Crippen molar-refractivity contribution in [1.29, 1.82) is 0 Å². The van der Waals surface area contributed by atoms with Crippen LogP contribution in [-0.2, 0) is 56.3 Å². The first kappa shape index (κ1) is 81.8. The molecule has 0 bridgehead atoms. The largest absolute Gasteiger partial charge is 0.480 e. The van der Waals surface area contributed by atoms with E-state index in [-0.39, 0.29) is 46.5 Å². The number of carbonyl (C=O) groups excluding carboxylic acids is 4. The Labute approximate surface area is 547 Å². The number of esters is 2. The highest BCUT2D eigenvalue weighted by molar-refractivity contribution is 7.90. The average Bonchev–Trinajstić information content (AvgIpc) is 0.822. The Bertz CT molecular complexity index is 4100. The van der Waals surface area contributed by atoms with Gasteiger partial charge >= 0.3 is 75.1 Å². The minimum absolute atomic E-state index is 0.0493. The van der Waals surface area contributed by atoms with E-state index in [2.05, 4.69) is 49.8 Å². The van der Waals surface area contributed by atoms with Crippen LogP contribution in [0.25, 0.3) is 0 Å². The standard InChI is InChI=1S/C18H13ClF3NO7.C15H16F3N5O4S.C14H10F4N4O7S.C3H8NO5P/c1-2-28-16(24)9-29-17(25)12-8-11(4-5-14(12)23(26)27)30-15-6-3-10(7-13(15)19)18(20,21)22;1-9-19-12(22-14(20-9)27-2)21-13(24)23-28(25,26)11-6-4-3-5-10(11)7-8-15(16,17)18;15-11(16)28-8-5-9(29-12(17)18)20-13(19-8)21-14(25)22-30(26,27)7-4-2-1-3-6(7)10(23)24;5-3(6)1-4-2-10(7,8)9/h3-8H,2,9H2,1H3;3-6H,7-8H2,1-2H3,(H2,19,20,21,22,23,24);1-5,11-12H,(H,23,24)(H2,19,20,21,22,25);4H,1-2H2,(H,5,6)(H2,7,8,9). The van der Waals surface area contributed by atoms with Gasteiger partial charge in [-0.1, -0.05) is 41.9 Å². The number of urea groups is 2. The summed E-state index contributed by atoms with van der Waals surface area (Å²) < 4.78 is 215. The number of ether oxygens (including phenoxy) is 6. The summed E-state index contributed by atoms with van der Waals surface area (Å²) in [6.07, 6.45) is -11.4. The van der Waals surface area contributed by atoms with Crippen LogP contribution in [0.15, 0.2) is 101 Å². The topological polar surface area (TPSA) is 492 Å². The van der Waals surface area contributed by atoms with Crippen LogP contribution in [0.3, 0.4) is 0 Å². The number of amides is 4. The number of carboxylic acid groups (broad SMARTS) is 2. The summed E-state index contributed by atoms with van der Waals surface area (Å²) in [7, 11) is -12.0. The number of rotatable bonds is 25. The number of aryl methyl sites for hydroxylation is 2. The number of nitro groups is 1. The van der Waals surface area contributed by atoms with Crippen LogP contribution in [0.4, 0.5) is 71.1 Å². The zero-order valence-electron chi connectivity index (χ0n) is 49.2. The molecule has 2 heterocycles. The summed E-state index contributed by atoms with van der Waals surface area (Å²) in [6.45, 7) is -4.93. The number of carboxylic acids is 2. The number of nitro benzene ring substituents is 1. The van der Waals surface area contributed by atoms with Crippen molar-refractivity contribution in [2.75, 3.05) is 43.8 Å². The van der Waals surface area contributed by atoms with Crippen molar-refractivity contribution in [2.45, 2.75) is 62.1 Å². The molecule has 0 atom stereocenters. The highest BCUT2D eigenvalue weighted by atomic mass is 35.5. The van der Waals surface area contributed by atoms with Gasteiger partial charge in [0.25, 0.3) is 25.7 Å². The SMILES string of the molecule is CCOC(=O)COC(=O)c1cc(Oc2ccc(C(F)(F)F)cc2Cl)ccc1[N+](=O)[O-].COc1nc(C)nc(NC(=O)NS(=O)(=O)c2ccccc2CCC(F)(F)F)n1.O=C(Nc1nc(OC(F)F)cc(OC(F)F)n1)NS(=O)(=O)c1ccccc1C(=O)O.O=C(O)CNCP(=O)(O)O. The minimum Gasteiger partial charge on any atom is -0.480 e. The van der Waals surface area contributed by atoms with Crippen molar-refractivity contribution in [3.05, 3.63) is 134 Å². The fourth-order valence-electron chi connectivity index (χ4n) is 6.60. The number of carbonyl (C=O) groups is 6. The number of sulfonamides is 2. The molecule has 4 amide bonds. The molecule has 0 aliphatic rings. The van der Waals surface area contributed by atoms with Crippen molar-refractivity contribution in [1.82, 2.24) is 39.7 Å². The minimum atomic E-state index is -4.71.